The van der Waals surface area contributed by atoms with Crippen LogP contribution >= 0.6 is 0 Å². The third-order valence-electron chi connectivity index (χ3n) is 7.13. The van der Waals surface area contributed by atoms with Crippen LogP contribution < -0.4 is 21.7 Å². The molecule has 1 aliphatic heterocycles. The van der Waals surface area contributed by atoms with Crippen molar-refractivity contribution in [2.24, 2.45) is 5.73 Å². The van der Waals surface area contributed by atoms with Crippen LogP contribution in [0.4, 0.5) is 29.5 Å². The Kier molecular flexibility index (Phi) is 8.29. The zero-order valence-electron chi connectivity index (χ0n) is 22.8. The summed E-state index contributed by atoms with van der Waals surface area (Å²) in [5.74, 6) is 0.0572. The second-order valence-electron chi connectivity index (χ2n) is 9.93. The number of nitrogens with zero attached hydrogens (tertiary/aromatic N) is 5. The van der Waals surface area contributed by atoms with Crippen molar-refractivity contribution < 1.29 is 22.8 Å². The average Bonchev–Trinajstić information content (AvgIpc) is 3.63. The fourth-order valence-corrected chi connectivity index (χ4v) is 4.88. The SMILES string of the molecule is CCc1cc(Nc2nccn3c(-c4cn[nH]c4C(F)(F)F)cnc23)ccc1C(=O)NCCNC(=O)N1CCC(N)CC1. The van der Waals surface area contributed by atoms with Crippen molar-refractivity contribution in [1.29, 1.82) is 0 Å². The monoisotopic (exact) mass is 584 g/mol. The third-order valence-corrected chi connectivity index (χ3v) is 7.13. The van der Waals surface area contributed by atoms with Crippen LogP contribution in [-0.2, 0) is 12.6 Å². The van der Waals surface area contributed by atoms with Crippen LogP contribution in [0.1, 0.15) is 41.4 Å². The number of urea groups is 1. The number of amides is 3. The van der Waals surface area contributed by atoms with Gasteiger partial charge in [-0.2, -0.15) is 18.3 Å². The lowest BCUT2D eigenvalue weighted by Gasteiger charge is -2.30. The Morgan fingerprint density at radius 2 is 1.88 bits per heavy atom. The topological polar surface area (TPSA) is 158 Å². The molecule has 1 fully saturated rings. The molecule has 12 nitrogen and oxygen atoms in total. The molecule has 0 unspecified atom stereocenters. The minimum absolute atomic E-state index is 0.133. The maximum Gasteiger partial charge on any atom is 0.433 e. The number of hydrogen-bond acceptors (Lipinski definition) is 7. The normalized spacial score (nSPS) is 14.3. The number of nitrogens with two attached hydrogens (primary N) is 1. The lowest BCUT2D eigenvalue weighted by Crippen LogP contribution is -2.48. The Hall–Kier alpha value is -4.66. The van der Waals surface area contributed by atoms with Crippen molar-refractivity contribution in [1.82, 2.24) is 40.1 Å². The molecule has 1 saturated heterocycles. The minimum atomic E-state index is -4.61. The molecular weight excluding hydrogens is 553 g/mol. The number of imidazole rings is 1. The summed E-state index contributed by atoms with van der Waals surface area (Å²) >= 11 is 0. The van der Waals surface area contributed by atoms with E-state index < -0.39 is 11.9 Å². The smallest absolute Gasteiger partial charge is 0.350 e. The molecule has 0 spiro atoms. The van der Waals surface area contributed by atoms with Gasteiger partial charge in [0.25, 0.3) is 5.91 Å². The highest BCUT2D eigenvalue weighted by Crippen LogP contribution is 2.36. The minimum Gasteiger partial charge on any atom is -0.350 e. The first-order chi connectivity index (χ1) is 20.2. The van der Waals surface area contributed by atoms with Gasteiger partial charge in [-0.05, 0) is 43.0 Å². The Labute approximate surface area is 238 Å². The van der Waals surface area contributed by atoms with E-state index in [1.807, 2.05) is 18.1 Å². The summed E-state index contributed by atoms with van der Waals surface area (Å²) in [6, 6.07) is 5.17. The van der Waals surface area contributed by atoms with Crippen molar-refractivity contribution in [2.45, 2.75) is 38.4 Å². The molecule has 15 heteroatoms. The van der Waals surface area contributed by atoms with Crippen molar-refractivity contribution >= 4 is 29.1 Å². The molecular formula is C27H31F3N10O2. The molecule has 42 heavy (non-hydrogen) atoms. The van der Waals surface area contributed by atoms with E-state index in [9.17, 15) is 22.8 Å². The van der Waals surface area contributed by atoms with Gasteiger partial charge < -0.3 is 26.6 Å². The van der Waals surface area contributed by atoms with Crippen molar-refractivity contribution in [3.8, 4) is 11.3 Å². The van der Waals surface area contributed by atoms with Gasteiger partial charge in [-0.3, -0.25) is 14.3 Å². The zero-order valence-corrected chi connectivity index (χ0v) is 22.8. The largest absolute Gasteiger partial charge is 0.433 e. The molecule has 0 saturated carbocycles. The molecule has 0 aliphatic carbocycles. The van der Waals surface area contributed by atoms with E-state index in [-0.39, 0.29) is 35.8 Å². The van der Waals surface area contributed by atoms with Crippen LogP contribution in [-0.4, -0.2) is 73.6 Å². The summed E-state index contributed by atoms with van der Waals surface area (Å²) in [6.45, 7) is 3.72. The lowest BCUT2D eigenvalue weighted by atomic mass is 10.0. The maximum atomic E-state index is 13.4. The van der Waals surface area contributed by atoms with Crippen LogP contribution in [0, 0.1) is 0 Å². The molecule has 3 aromatic heterocycles. The highest BCUT2D eigenvalue weighted by Gasteiger charge is 2.36. The molecule has 0 radical (unpaired) electrons. The Morgan fingerprint density at radius 1 is 1.12 bits per heavy atom. The molecule has 1 aromatic carbocycles. The Bertz CT molecular complexity index is 1570. The number of anilines is 2. The van der Waals surface area contributed by atoms with Gasteiger partial charge >= 0.3 is 12.2 Å². The first-order valence-corrected chi connectivity index (χ1v) is 13.5. The van der Waals surface area contributed by atoms with Gasteiger partial charge in [0.2, 0.25) is 0 Å². The number of aromatic nitrogens is 5. The summed E-state index contributed by atoms with van der Waals surface area (Å²) < 4.78 is 41.8. The highest BCUT2D eigenvalue weighted by molar-refractivity contribution is 5.96. The van der Waals surface area contributed by atoms with Crippen LogP contribution in [0.5, 0.6) is 0 Å². The van der Waals surface area contributed by atoms with E-state index in [2.05, 4.69) is 31.0 Å². The second-order valence-corrected chi connectivity index (χ2v) is 9.93. The summed E-state index contributed by atoms with van der Waals surface area (Å²) in [5.41, 5.74) is 7.20. The molecule has 0 bridgehead atoms. The van der Waals surface area contributed by atoms with Crippen molar-refractivity contribution in [3.05, 3.63) is 59.8 Å². The molecule has 222 valence electrons. The number of likely N-dealkylation sites (tertiary alicyclic amines) is 1. The molecule has 4 aromatic rings. The van der Waals surface area contributed by atoms with E-state index in [1.54, 1.807) is 17.0 Å². The number of fused-ring (bicyclic) bond motifs is 1. The van der Waals surface area contributed by atoms with E-state index in [4.69, 9.17) is 5.73 Å². The van der Waals surface area contributed by atoms with Crippen LogP contribution in [0.15, 0.2) is 43.0 Å². The standard InChI is InChI=1S/C27H31F3N10O2/c1-2-16-13-18(3-4-19(16)25(41)33-7-8-34-26(42)39-10-5-17(31)6-11-39)37-23-24-35-15-21(40(24)12-9-32-23)20-14-36-38-22(20)27(28,29)30/h3-4,9,12-15,17H,2,5-8,10-11,31H2,1H3,(H,32,37)(H,33,41)(H,34,42)(H,36,38). The second kappa shape index (κ2) is 12.1. The summed E-state index contributed by atoms with van der Waals surface area (Å²) in [4.78, 5) is 35.5. The summed E-state index contributed by atoms with van der Waals surface area (Å²) in [5, 5.41) is 14.4. The maximum absolute atomic E-state index is 13.4. The molecule has 5 rings (SSSR count). The zero-order chi connectivity index (χ0) is 29.9. The van der Waals surface area contributed by atoms with Gasteiger partial charge in [0.15, 0.2) is 11.5 Å². The fraction of sp³-hybridized carbons (Fsp3) is 0.370. The van der Waals surface area contributed by atoms with Gasteiger partial charge in [-0.15, -0.1) is 0 Å². The fourth-order valence-electron chi connectivity index (χ4n) is 4.88. The lowest BCUT2D eigenvalue weighted by molar-refractivity contribution is -0.140. The van der Waals surface area contributed by atoms with E-state index in [0.29, 0.717) is 48.8 Å². The Morgan fingerprint density at radius 3 is 2.62 bits per heavy atom. The quantitative estimate of drug-likeness (QED) is 0.199. The number of H-pyrrole nitrogens is 1. The highest BCUT2D eigenvalue weighted by atomic mass is 19.4. The predicted molar refractivity (Wildman–Crippen MR) is 149 cm³/mol. The number of aromatic amines is 1. The van der Waals surface area contributed by atoms with Crippen LogP contribution in [0.2, 0.25) is 0 Å². The van der Waals surface area contributed by atoms with Gasteiger partial charge in [-0.1, -0.05) is 6.92 Å². The number of carbonyl (C=O) groups excluding carboxylic acids is 2. The third kappa shape index (κ3) is 6.15. The van der Waals surface area contributed by atoms with E-state index in [0.717, 1.165) is 24.6 Å². The molecule has 4 heterocycles. The number of halogens is 3. The molecule has 6 N–H and O–H groups in total. The van der Waals surface area contributed by atoms with Crippen LogP contribution in [0.25, 0.3) is 16.9 Å². The average molecular weight is 585 g/mol. The molecule has 1 aliphatic rings. The van der Waals surface area contributed by atoms with Gasteiger partial charge in [-0.25, -0.2) is 14.8 Å². The number of alkyl halides is 3. The number of carbonyl (C=O) groups is 2. The molecule has 0 atom stereocenters. The number of piperidine rings is 1. The first kappa shape index (κ1) is 28.9. The Balaban J connectivity index is 1.24. The number of nitrogens with one attached hydrogen (secondary N) is 4. The molecule has 3 amide bonds. The summed E-state index contributed by atoms with van der Waals surface area (Å²) in [6.07, 6.45) is 2.92. The first-order valence-electron chi connectivity index (χ1n) is 13.5. The number of hydrogen-bond donors (Lipinski definition) is 5. The van der Waals surface area contributed by atoms with Crippen molar-refractivity contribution in [2.75, 3.05) is 31.5 Å². The van der Waals surface area contributed by atoms with Gasteiger partial charge in [0, 0.05) is 55.9 Å². The number of rotatable bonds is 8. The number of benzene rings is 1. The van der Waals surface area contributed by atoms with Crippen molar-refractivity contribution in [3.63, 3.8) is 0 Å². The summed E-state index contributed by atoms with van der Waals surface area (Å²) in [7, 11) is 0. The van der Waals surface area contributed by atoms with Gasteiger partial charge in [0.05, 0.1) is 23.7 Å². The van der Waals surface area contributed by atoms with Gasteiger partial charge in [0.1, 0.15) is 5.69 Å². The van der Waals surface area contributed by atoms with E-state index in [1.165, 1.54) is 23.0 Å². The predicted octanol–water partition coefficient (Wildman–Crippen LogP) is 3.31. The van der Waals surface area contributed by atoms with E-state index >= 15 is 0 Å². The number of aryl methyl sites for hydroxylation is 1. The van der Waals surface area contributed by atoms with Crippen LogP contribution in [0.3, 0.4) is 0 Å².